The van der Waals surface area contributed by atoms with Crippen LogP contribution in [-0.2, 0) is 21.2 Å². The van der Waals surface area contributed by atoms with Gasteiger partial charge in [0.15, 0.2) is 0 Å². The van der Waals surface area contributed by atoms with Crippen LogP contribution in [0.15, 0.2) is 16.3 Å². The number of carbonyl (C=O) groups is 1. The van der Waals surface area contributed by atoms with Gasteiger partial charge in [0.05, 0.1) is 6.54 Å². The fourth-order valence-electron chi connectivity index (χ4n) is 2.38. The van der Waals surface area contributed by atoms with E-state index in [2.05, 4.69) is 0 Å². The molecule has 0 saturated carbocycles. The minimum atomic E-state index is -3.55. The molecule has 1 aromatic rings. The molecule has 2 rings (SSSR count). The number of hydrogen-bond acceptors (Lipinski definition) is 4. The van der Waals surface area contributed by atoms with E-state index in [1.807, 2.05) is 33.8 Å². The molecular formula is C14H22N2O3S2. The lowest BCUT2D eigenvalue weighted by molar-refractivity contribution is -0.139. The second kappa shape index (κ2) is 5.70. The summed E-state index contributed by atoms with van der Waals surface area (Å²) >= 11 is 1.29. The normalized spacial score (nSPS) is 18.3. The predicted molar refractivity (Wildman–Crippen MR) is 83.9 cm³/mol. The first-order valence-corrected chi connectivity index (χ1v) is 9.31. The molecule has 0 N–H and O–H groups in total. The molecule has 118 valence electrons. The van der Waals surface area contributed by atoms with Gasteiger partial charge in [-0.25, -0.2) is 8.42 Å². The number of rotatable bonds is 3. The van der Waals surface area contributed by atoms with Crippen molar-refractivity contribution in [2.24, 2.45) is 0 Å². The van der Waals surface area contributed by atoms with Crippen LogP contribution in [0.5, 0.6) is 0 Å². The fraction of sp³-hybridized carbons (Fsp3) is 0.643. The van der Waals surface area contributed by atoms with Crippen LogP contribution in [0.25, 0.3) is 0 Å². The van der Waals surface area contributed by atoms with Gasteiger partial charge in [-0.15, -0.1) is 11.3 Å². The minimum Gasteiger partial charge on any atom is -0.335 e. The summed E-state index contributed by atoms with van der Waals surface area (Å²) in [5, 5.41) is 0. The van der Waals surface area contributed by atoms with Crippen LogP contribution in [0.1, 0.15) is 32.6 Å². The topological polar surface area (TPSA) is 57.7 Å². The second-order valence-corrected chi connectivity index (χ2v) is 9.46. The molecule has 0 aliphatic carbocycles. The third-order valence-corrected chi connectivity index (χ3v) is 7.12. The molecule has 0 unspecified atom stereocenters. The Morgan fingerprint density at radius 1 is 1.24 bits per heavy atom. The molecule has 7 heteroatoms. The van der Waals surface area contributed by atoms with Gasteiger partial charge in [0.25, 0.3) is 10.0 Å². The standard InChI is InChI=1S/C14H22N2O3S2/c1-5-11-6-7-13(20-11)21(18,19)15-8-9-16(12(17)10-15)14(2,3)4/h6-7H,5,8-10H2,1-4H3. The summed E-state index contributed by atoms with van der Waals surface area (Å²) in [6.07, 6.45) is 0.816. The molecule has 0 atom stereocenters. The summed E-state index contributed by atoms with van der Waals surface area (Å²) < 4.78 is 26.8. The summed E-state index contributed by atoms with van der Waals surface area (Å²) in [5.74, 6) is -0.135. The Morgan fingerprint density at radius 2 is 1.90 bits per heavy atom. The predicted octanol–water partition coefficient (Wildman–Crippen LogP) is 1.94. The smallest absolute Gasteiger partial charge is 0.253 e. The lowest BCUT2D eigenvalue weighted by atomic mass is 10.1. The molecule has 1 amide bonds. The van der Waals surface area contributed by atoms with Crippen LogP contribution in [0.4, 0.5) is 0 Å². The molecule has 0 radical (unpaired) electrons. The van der Waals surface area contributed by atoms with E-state index in [0.717, 1.165) is 11.3 Å². The van der Waals surface area contributed by atoms with Crippen molar-refractivity contribution in [2.75, 3.05) is 19.6 Å². The van der Waals surface area contributed by atoms with Gasteiger partial charge in [-0.05, 0) is 39.3 Å². The number of carbonyl (C=O) groups excluding carboxylic acids is 1. The van der Waals surface area contributed by atoms with Crippen LogP contribution >= 0.6 is 11.3 Å². The number of nitrogens with zero attached hydrogens (tertiary/aromatic N) is 2. The molecule has 5 nitrogen and oxygen atoms in total. The maximum Gasteiger partial charge on any atom is 0.253 e. The number of sulfonamides is 1. The van der Waals surface area contributed by atoms with Crippen molar-refractivity contribution in [1.82, 2.24) is 9.21 Å². The second-order valence-electron chi connectivity index (χ2n) is 6.13. The summed E-state index contributed by atoms with van der Waals surface area (Å²) in [4.78, 5) is 15.0. The Balaban J connectivity index is 2.19. The molecular weight excluding hydrogens is 308 g/mol. The van der Waals surface area contributed by atoms with E-state index >= 15 is 0 Å². The summed E-state index contributed by atoms with van der Waals surface area (Å²) in [6.45, 7) is 8.59. The summed E-state index contributed by atoms with van der Waals surface area (Å²) in [5.41, 5.74) is -0.273. The van der Waals surface area contributed by atoms with E-state index in [4.69, 9.17) is 0 Å². The molecule has 1 aliphatic rings. The van der Waals surface area contributed by atoms with E-state index in [1.54, 1.807) is 11.0 Å². The first-order chi connectivity index (χ1) is 9.66. The van der Waals surface area contributed by atoms with Gasteiger partial charge < -0.3 is 4.90 Å². The first-order valence-electron chi connectivity index (χ1n) is 7.05. The first kappa shape index (κ1) is 16.5. The number of thiophene rings is 1. The average Bonchev–Trinajstić information content (AvgIpc) is 2.86. The van der Waals surface area contributed by atoms with Crippen molar-refractivity contribution in [3.8, 4) is 0 Å². The van der Waals surface area contributed by atoms with Crippen LogP contribution in [0, 0.1) is 0 Å². The summed E-state index contributed by atoms with van der Waals surface area (Å²) in [6, 6.07) is 3.48. The quantitative estimate of drug-likeness (QED) is 0.851. The highest BCUT2D eigenvalue weighted by atomic mass is 32.2. The molecule has 0 bridgehead atoms. The summed E-state index contributed by atoms with van der Waals surface area (Å²) in [7, 11) is -3.55. The van der Waals surface area contributed by atoms with Crippen LogP contribution in [-0.4, -0.2) is 48.7 Å². The molecule has 1 aliphatic heterocycles. The van der Waals surface area contributed by atoms with Crippen molar-refractivity contribution < 1.29 is 13.2 Å². The average molecular weight is 330 g/mol. The number of amides is 1. The van der Waals surface area contributed by atoms with Crippen LogP contribution in [0.2, 0.25) is 0 Å². The zero-order chi connectivity index (χ0) is 15.8. The molecule has 0 aromatic carbocycles. The van der Waals surface area contributed by atoms with Crippen molar-refractivity contribution in [3.05, 3.63) is 17.0 Å². The zero-order valence-electron chi connectivity index (χ0n) is 12.9. The highest BCUT2D eigenvalue weighted by Crippen LogP contribution is 2.27. The highest BCUT2D eigenvalue weighted by Gasteiger charge is 2.37. The van der Waals surface area contributed by atoms with Crippen molar-refractivity contribution in [1.29, 1.82) is 0 Å². The van der Waals surface area contributed by atoms with Gasteiger partial charge in [-0.1, -0.05) is 6.92 Å². The Bertz CT molecular complexity index is 629. The minimum absolute atomic E-state index is 0.0705. The lowest BCUT2D eigenvalue weighted by Gasteiger charge is -2.41. The molecule has 1 aromatic heterocycles. The van der Waals surface area contributed by atoms with Gasteiger partial charge >= 0.3 is 0 Å². The fourth-order valence-corrected chi connectivity index (χ4v) is 5.21. The Morgan fingerprint density at radius 3 is 2.38 bits per heavy atom. The van der Waals surface area contributed by atoms with E-state index in [-0.39, 0.29) is 18.0 Å². The van der Waals surface area contributed by atoms with Crippen molar-refractivity contribution >= 4 is 27.3 Å². The van der Waals surface area contributed by atoms with E-state index in [1.165, 1.54) is 15.6 Å². The van der Waals surface area contributed by atoms with Gasteiger partial charge in [0.2, 0.25) is 5.91 Å². The molecule has 1 saturated heterocycles. The van der Waals surface area contributed by atoms with Gasteiger partial charge in [0, 0.05) is 23.5 Å². The van der Waals surface area contributed by atoms with Crippen LogP contribution < -0.4 is 0 Å². The number of aryl methyl sites for hydroxylation is 1. The van der Waals surface area contributed by atoms with Gasteiger partial charge in [-0.3, -0.25) is 4.79 Å². The SMILES string of the molecule is CCc1ccc(S(=O)(=O)N2CCN(C(C)(C)C)C(=O)C2)s1. The molecule has 1 fully saturated rings. The Labute approximate surface area is 130 Å². The maximum absolute atomic E-state index is 12.6. The lowest BCUT2D eigenvalue weighted by Crippen LogP contribution is -2.57. The molecule has 21 heavy (non-hydrogen) atoms. The van der Waals surface area contributed by atoms with Crippen molar-refractivity contribution in [2.45, 2.75) is 43.9 Å². The van der Waals surface area contributed by atoms with Gasteiger partial charge in [-0.2, -0.15) is 4.31 Å². The zero-order valence-corrected chi connectivity index (χ0v) is 14.6. The van der Waals surface area contributed by atoms with E-state index < -0.39 is 10.0 Å². The highest BCUT2D eigenvalue weighted by molar-refractivity contribution is 7.91. The van der Waals surface area contributed by atoms with E-state index in [0.29, 0.717) is 17.3 Å². The van der Waals surface area contributed by atoms with Crippen molar-refractivity contribution in [3.63, 3.8) is 0 Å². The van der Waals surface area contributed by atoms with Gasteiger partial charge in [0.1, 0.15) is 4.21 Å². The largest absolute Gasteiger partial charge is 0.335 e. The Kier molecular flexibility index (Phi) is 4.46. The monoisotopic (exact) mass is 330 g/mol. The Hall–Kier alpha value is -0.920. The maximum atomic E-state index is 12.6. The third-order valence-electron chi connectivity index (χ3n) is 3.58. The molecule has 0 spiro atoms. The molecule has 2 heterocycles. The third kappa shape index (κ3) is 3.30. The van der Waals surface area contributed by atoms with Crippen LogP contribution in [0.3, 0.4) is 0 Å². The number of hydrogen-bond donors (Lipinski definition) is 0. The van der Waals surface area contributed by atoms with E-state index in [9.17, 15) is 13.2 Å². The number of piperazine rings is 1.